The summed E-state index contributed by atoms with van der Waals surface area (Å²) in [5.41, 5.74) is 0.0283. The molecule has 1 aliphatic heterocycles. The lowest BCUT2D eigenvalue weighted by molar-refractivity contribution is -0.902. The van der Waals surface area contributed by atoms with Crippen LogP contribution in [0.3, 0.4) is 0 Å². The first kappa shape index (κ1) is 14.2. The van der Waals surface area contributed by atoms with E-state index in [1.165, 1.54) is 4.90 Å². The molecule has 3 nitrogen and oxygen atoms in total. The number of hydrogen-bond acceptors (Lipinski definition) is 1. The SMILES string of the molecule is CC[NH+]1CCN(C(=O)c2cc(F)c(F)cc2Cl)CC1. The second-order valence-electron chi connectivity index (χ2n) is 4.64. The zero-order valence-corrected chi connectivity index (χ0v) is 11.4. The molecule has 1 fully saturated rings. The van der Waals surface area contributed by atoms with E-state index < -0.39 is 11.6 Å². The van der Waals surface area contributed by atoms with Crippen molar-refractivity contribution in [3.05, 3.63) is 34.4 Å². The molecule has 0 bridgehead atoms. The largest absolute Gasteiger partial charge is 0.332 e. The summed E-state index contributed by atoms with van der Waals surface area (Å²) in [7, 11) is 0. The van der Waals surface area contributed by atoms with Crippen LogP contribution < -0.4 is 4.90 Å². The highest BCUT2D eigenvalue weighted by Crippen LogP contribution is 2.21. The lowest BCUT2D eigenvalue weighted by atomic mass is 10.1. The molecule has 0 spiro atoms. The molecule has 1 aliphatic rings. The predicted octanol–water partition coefficient (Wildman–Crippen LogP) is 0.979. The third-order valence-corrected chi connectivity index (χ3v) is 3.81. The van der Waals surface area contributed by atoms with E-state index in [1.54, 1.807) is 4.90 Å². The van der Waals surface area contributed by atoms with E-state index in [-0.39, 0.29) is 16.5 Å². The van der Waals surface area contributed by atoms with Gasteiger partial charge in [0.25, 0.3) is 5.91 Å². The van der Waals surface area contributed by atoms with Crippen LogP contribution in [0.1, 0.15) is 17.3 Å². The quantitative estimate of drug-likeness (QED) is 0.807. The number of nitrogens with one attached hydrogen (secondary N) is 1. The molecule has 0 aliphatic carbocycles. The van der Waals surface area contributed by atoms with E-state index in [0.29, 0.717) is 13.1 Å². The zero-order valence-electron chi connectivity index (χ0n) is 10.7. The van der Waals surface area contributed by atoms with Crippen molar-refractivity contribution in [2.45, 2.75) is 6.92 Å². The minimum absolute atomic E-state index is 0.0283. The molecular formula is C13H16ClF2N2O+. The first-order chi connectivity index (χ1) is 9.02. The molecule has 1 aromatic carbocycles. The van der Waals surface area contributed by atoms with Crippen molar-refractivity contribution >= 4 is 17.5 Å². The summed E-state index contributed by atoms with van der Waals surface area (Å²) in [6, 6.07) is 1.72. The number of piperazine rings is 1. The molecule has 1 aromatic rings. The molecule has 0 saturated carbocycles. The Labute approximate surface area is 115 Å². The standard InChI is InChI=1S/C13H15ClF2N2O/c1-2-17-3-5-18(6-4-17)13(19)9-7-11(15)12(16)8-10(9)14/h7-8H,2-6H2,1H3/p+1. The van der Waals surface area contributed by atoms with Crippen molar-refractivity contribution in [1.29, 1.82) is 0 Å². The monoisotopic (exact) mass is 289 g/mol. The number of amides is 1. The fourth-order valence-corrected chi connectivity index (χ4v) is 2.47. The van der Waals surface area contributed by atoms with Crippen LogP contribution in [0.5, 0.6) is 0 Å². The number of benzene rings is 1. The van der Waals surface area contributed by atoms with E-state index in [2.05, 4.69) is 6.92 Å². The van der Waals surface area contributed by atoms with Crippen molar-refractivity contribution in [1.82, 2.24) is 4.90 Å². The van der Waals surface area contributed by atoms with Crippen LogP contribution in [0.2, 0.25) is 5.02 Å². The highest BCUT2D eigenvalue weighted by Gasteiger charge is 2.25. The number of hydrogen-bond donors (Lipinski definition) is 1. The number of nitrogens with zero attached hydrogens (tertiary/aromatic N) is 1. The van der Waals surface area contributed by atoms with E-state index in [0.717, 1.165) is 31.8 Å². The van der Waals surface area contributed by atoms with Crippen molar-refractivity contribution < 1.29 is 18.5 Å². The molecule has 1 N–H and O–H groups in total. The Balaban J connectivity index is 2.14. The van der Waals surface area contributed by atoms with Gasteiger partial charge >= 0.3 is 0 Å². The van der Waals surface area contributed by atoms with Gasteiger partial charge in [0.05, 0.1) is 43.3 Å². The minimum Gasteiger partial charge on any atom is -0.332 e. The van der Waals surface area contributed by atoms with Crippen molar-refractivity contribution in [3.63, 3.8) is 0 Å². The first-order valence-corrected chi connectivity index (χ1v) is 6.68. The van der Waals surface area contributed by atoms with Gasteiger partial charge in [0.15, 0.2) is 11.6 Å². The Morgan fingerprint density at radius 2 is 1.89 bits per heavy atom. The lowest BCUT2D eigenvalue weighted by Crippen LogP contribution is -3.14. The molecule has 1 saturated heterocycles. The van der Waals surface area contributed by atoms with Crippen molar-refractivity contribution in [3.8, 4) is 0 Å². The van der Waals surface area contributed by atoms with Crippen molar-refractivity contribution in [2.75, 3.05) is 32.7 Å². The van der Waals surface area contributed by atoms with Gasteiger partial charge in [0, 0.05) is 0 Å². The molecule has 0 unspecified atom stereocenters. The Bertz CT molecular complexity index is 488. The molecule has 104 valence electrons. The molecule has 0 aromatic heterocycles. The molecule has 1 amide bonds. The summed E-state index contributed by atoms with van der Waals surface area (Å²) < 4.78 is 26.2. The van der Waals surface area contributed by atoms with Crippen LogP contribution in [0.4, 0.5) is 8.78 Å². The Morgan fingerprint density at radius 1 is 1.32 bits per heavy atom. The van der Waals surface area contributed by atoms with E-state index in [9.17, 15) is 13.6 Å². The van der Waals surface area contributed by atoms with Crippen LogP contribution in [0, 0.1) is 11.6 Å². The summed E-state index contributed by atoms with van der Waals surface area (Å²) in [6.07, 6.45) is 0. The molecular weight excluding hydrogens is 274 g/mol. The minimum atomic E-state index is -1.05. The van der Waals surface area contributed by atoms with Gasteiger partial charge in [-0.25, -0.2) is 8.78 Å². The van der Waals surface area contributed by atoms with Crippen LogP contribution in [0.15, 0.2) is 12.1 Å². The summed E-state index contributed by atoms with van der Waals surface area (Å²) in [6.45, 7) is 6.06. The van der Waals surface area contributed by atoms with Gasteiger partial charge in [-0.15, -0.1) is 0 Å². The van der Waals surface area contributed by atoms with Crippen molar-refractivity contribution in [2.24, 2.45) is 0 Å². The Hall–Kier alpha value is -1.20. The molecule has 0 atom stereocenters. The van der Waals surface area contributed by atoms with Gasteiger partial charge in [-0.1, -0.05) is 11.6 Å². The normalized spacial score (nSPS) is 16.7. The van der Waals surface area contributed by atoms with Gasteiger partial charge in [0.1, 0.15) is 0 Å². The lowest BCUT2D eigenvalue weighted by Gasteiger charge is -2.31. The van der Waals surface area contributed by atoms with Gasteiger partial charge in [0.2, 0.25) is 0 Å². The molecule has 2 rings (SSSR count). The number of likely N-dealkylation sites (N-methyl/N-ethyl adjacent to an activating group) is 1. The van der Waals surface area contributed by atoms with E-state index in [4.69, 9.17) is 11.6 Å². The smallest absolute Gasteiger partial charge is 0.255 e. The predicted molar refractivity (Wildman–Crippen MR) is 68.5 cm³/mol. The summed E-state index contributed by atoms with van der Waals surface area (Å²) in [5, 5.41) is -0.0471. The Morgan fingerprint density at radius 3 is 2.47 bits per heavy atom. The average molecular weight is 290 g/mol. The van der Waals surface area contributed by atoms with Gasteiger partial charge in [-0.2, -0.15) is 0 Å². The fraction of sp³-hybridized carbons (Fsp3) is 0.462. The van der Waals surface area contributed by atoms with E-state index in [1.807, 2.05) is 0 Å². The van der Waals surface area contributed by atoms with E-state index >= 15 is 0 Å². The third-order valence-electron chi connectivity index (χ3n) is 3.50. The third kappa shape index (κ3) is 3.04. The van der Waals surface area contributed by atoms with Crippen LogP contribution in [-0.2, 0) is 0 Å². The second kappa shape index (κ2) is 5.84. The summed E-state index contributed by atoms with van der Waals surface area (Å²) >= 11 is 5.81. The topological polar surface area (TPSA) is 24.8 Å². The average Bonchev–Trinajstić information content (AvgIpc) is 2.42. The van der Waals surface area contributed by atoms with Gasteiger partial charge < -0.3 is 9.80 Å². The van der Waals surface area contributed by atoms with Crippen LogP contribution in [0.25, 0.3) is 0 Å². The highest BCUT2D eigenvalue weighted by atomic mass is 35.5. The molecule has 19 heavy (non-hydrogen) atoms. The maximum absolute atomic E-state index is 13.2. The number of quaternary nitrogens is 1. The molecule has 1 heterocycles. The maximum atomic E-state index is 13.2. The number of halogens is 3. The zero-order chi connectivity index (χ0) is 14.0. The number of carbonyl (C=O) groups excluding carboxylic acids is 1. The fourth-order valence-electron chi connectivity index (χ4n) is 2.24. The number of carbonyl (C=O) groups is 1. The summed E-state index contributed by atoms with van der Waals surface area (Å²) in [4.78, 5) is 15.3. The Kier molecular flexibility index (Phi) is 4.37. The maximum Gasteiger partial charge on any atom is 0.255 e. The van der Waals surface area contributed by atoms with Crippen LogP contribution >= 0.6 is 11.6 Å². The highest BCUT2D eigenvalue weighted by molar-refractivity contribution is 6.33. The van der Waals surface area contributed by atoms with Crippen LogP contribution in [-0.4, -0.2) is 43.5 Å². The summed E-state index contributed by atoms with van der Waals surface area (Å²) in [5.74, 6) is -2.42. The molecule has 0 radical (unpaired) electrons. The number of rotatable bonds is 2. The molecule has 6 heteroatoms. The van der Waals surface area contributed by atoms with Gasteiger partial charge in [-0.3, -0.25) is 4.79 Å². The van der Waals surface area contributed by atoms with Gasteiger partial charge in [-0.05, 0) is 19.1 Å². The second-order valence-corrected chi connectivity index (χ2v) is 5.05. The first-order valence-electron chi connectivity index (χ1n) is 6.30.